The van der Waals surface area contributed by atoms with Gasteiger partial charge in [0.05, 0.1) is 11.7 Å². The highest BCUT2D eigenvalue weighted by atomic mass is 16.5. The molecule has 26 heavy (non-hydrogen) atoms. The number of benzene rings is 2. The summed E-state index contributed by atoms with van der Waals surface area (Å²) in [7, 11) is 1.68. The quantitative estimate of drug-likeness (QED) is 0.663. The first-order valence-corrected chi connectivity index (χ1v) is 7.98. The number of amides is 1. The maximum absolute atomic E-state index is 12.6. The van der Waals surface area contributed by atoms with E-state index < -0.39 is 0 Å². The molecule has 3 aromatic rings. The van der Waals surface area contributed by atoms with Crippen molar-refractivity contribution in [1.29, 1.82) is 0 Å². The third kappa shape index (κ3) is 3.57. The predicted molar refractivity (Wildman–Crippen MR) is 100 cm³/mol. The SMILES string of the molecule is C#CCOc1ccc(N(C)C(=O)Cn2ncc(=O)c3ccccc32)cc1. The largest absolute Gasteiger partial charge is 0.481 e. The summed E-state index contributed by atoms with van der Waals surface area (Å²) >= 11 is 0. The number of carbonyl (C=O) groups excluding carboxylic acids is 1. The van der Waals surface area contributed by atoms with Crippen LogP contribution in [0.2, 0.25) is 0 Å². The summed E-state index contributed by atoms with van der Waals surface area (Å²) < 4.78 is 6.85. The van der Waals surface area contributed by atoms with Gasteiger partial charge in [0.2, 0.25) is 11.3 Å². The molecule has 6 heteroatoms. The van der Waals surface area contributed by atoms with Gasteiger partial charge in [-0.1, -0.05) is 18.1 Å². The molecule has 0 atom stereocenters. The molecule has 0 aliphatic rings. The van der Waals surface area contributed by atoms with Crippen molar-refractivity contribution in [3.8, 4) is 18.1 Å². The van der Waals surface area contributed by atoms with Crippen LogP contribution in [0, 0.1) is 12.3 Å². The fourth-order valence-electron chi connectivity index (χ4n) is 2.56. The van der Waals surface area contributed by atoms with Crippen LogP contribution in [0.4, 0.5) is 5.69 Å². The van der Waals surface area contributed by atoms with Crippen LogP contribution in [-0.2, 0) is 11.3 Å². The Kier molecular flexibility index (Phi) is 4.99. The van der Waals surface area contributed by atoms with E-state index in [1.807, 2.05) is 6.07 Å². The third-order valence-corrected chi connectivity index (χ3v) is 3.97. The zero-order valence-corrected chi connectivity index (χ0v) is 14.3. The summed E-state index contributed by atoms with van der Waals surface area (Å²) in [5, 5.41) is 4.62. The van der Waals surface area contributed by atoms with Crippen LogP contribution in [0.1, 0.15) is 0 Å². The highest BCUT2D eigenvalue weighted by Gasteiger charge is 2.14. The average Bonchev–Trinajstić information content (AvgIpc) is 2.68. The van der Waals surface area contributed by atoms with Crippen LogP contribution in [-0.4, -0.2) is 29.3 Å². The Hall–Kier alpha value is -3.59. The Labute approximate surface area is 150 Å². The second kappa shape index (κ2) is 7.53. The highest BCUT2D eigenvalue weighted by molar-refractivity contribution is 5.93. The molecule has 0 saturated heterocycles. The molecule has 0 radical (unpaired) electrons. The molecular weight excluding hydrogens is 330 g/mol. The number of terminal acetylenes is 1. The van der Waals surface area contributed by atoms with Gasteiger partial charge in [0.1, 0.15) is 18.9 Å². The van der Waals surface area contributed by atoms with E-state index in [2.05, 4.69) is 11.0 Å². The Morgan fingerprint density at radius 1 is 1.23 bits per heavy atom. The highest BCUT2D eigenvalue weighted by Crippen LogP contribution is 2.19. The number of para-hydroxylation sites is 1. The van der Waals surface area contributed by atoms with Gasteiger partial charge in [0, 0.05) is 18.1 Å². The second-order valence-electron chi connectivity index (χ2n) is 5.62. The number of fused-ring (bicyclic) bond motifs is 1. The van der Waals surface area contributed by atoms with Crippen LogP contribution >= 0.6 is 0 Å². The van der Waals surface area contributed by atoms with Gasteiger partial charge in [-0.15, -0.1) is 6.42 Å². The molecule has 0 N–H and O–H groups in total. The van der Waals surface area contributed by atoms with E-state index in [1.165, 1.54) is 15.8 Å². The van der Waals surface area contributed by atoms with Gasteiger partial charge in [0.25, 0.3) is 0 Å². The van der Waals surface area contributed by atoms with Crippen molar-refractivity contribution in [3.63, 3.8) is 0 Å². The van der Waals surface area contributed by atoms with E-state index >= 15 is 0 Å². The zero-order valence-electron chi connectivity index (χ0n) is 14.3. The summed E-state index contributed by atoms with van der Waals surface area (Å²) in [4.78, 5) is 26.0. The molecule has 6 nitrogen and oxygen atoms in total. The maximum Gasteiger partial charge on any atom is 0.248 e. The molecule has 0 spiro atoms. The Bertz CT molecular complexity index is 1030. The van der Waals surface area contributed by atoms with Gasteiger partial charge < -0.3 is 9.64 Å². The number of hydrogen-bond acceptors (Lipinski definition) is 4. The van der Waals surface area contributed by atoms with Crippen LogP contribution in [0.3, 0.4) is 0 Å². The smallest absolute Gasteiger partial charge is 0.248 e. The van der Waals surface area contributed by atoms with Crippen molar-refractivity contribution in [1.82, 2.24) is 9.78 Å². The number of ether oxygens (including phenoxy) is 1. The first-order chi connectivity index (χ1) is 12.6. The molecule has 1 amide bonds. The van der Waals surface area contributed by atoms with Gasteiger partial charge in [-0.05, 0) is 36.4 Å². The van der Waals surface area contributed by atoms with Gasteiger partial charge in [0.15, 0.2) is 0 Å². The third-order valence-electron chi connectivity index (χ3n) is 3.97. The van der Waals surface area contributed by atoms with Crippen molar-refractivity contribution in [2.75, 3.05) is 18.6 Å². The summed E-state index contributed by atoms with van der Waals surface area (Å²) in [6, 6.07) is 14.1. The van der Waals surface area contributed by atoms with E-state index in [-0.39, 0.29) is 24.5 Å². The Morgan fingerprint density at radius 2 is 1.96 bits per heavy atom. The Morgan fingerprint density at radius 3 is 2.69 bits per heavy atom. The molecule has 0 unspecified atom stereocenters. The molecule has 0 saturated carbocycles. The lowest BCUT2D eigenvalue weighted by Crippen LogP contribution is -2.31. The number of carbonyl (C=O) groups is 1. The zero-order chi connectivity index (χ0) is 18.5. The monoisotopic (exact) mass is 347 g/mol. The molecule has 1 aromatic heterocycles. The topological polar surface area (TPSA) is 64.4 Å². The normalized spacial score (nSPS) is 10.3. The number of hydrogen-bond donors (Lipinski definition) is 0. The molecule has 0 aliphatic heterocycles. The summed E-state index contributed by atoms with van der Waals surface area (Å²) in [6.07, 6.45) is 6.39. The van der Waals surface area contributed by atoms with Crippen molar-refractivity contribution >= 4 is 22.5 Å². The summed E-state index contributed by atoms with van der Waals surface area (Å²) in [5.41, 5.74) is 1.17. The van der Waals surface area contributed by atoms with Crippen LogP contribution in [0.25, 0.3) is 10.9 Å². The molecule has 3 rings (SSSR count). The number of aromatic nitrogens is 2. The lowest BCUT2D eigenvalue weighted by Gasteiger charge is -2.19. The van der Waals surface area contributed by atoms with E-state index in [4.69, 9.17) is 11.2 Å². The fourth-order valence-corrected chi connectivity index (χ4v) is 2.56. The van der Waals surface area contributed by atoms with Gasteiger partial charge in [-0.3, -0.25) is 14.3 Å². The second-order valence-corrected chi connectivity index (χ2v) is 5.62. The van der Waals surface area contributed by atoms with Crippen molar-refractivity contribution in [2.24, 2.45) is 0 Å². The molecular formula is C20H17N3O3. The summed E-state index contributed by atoms with van der Waals surface area (Å²) in [5.74, 6) is 2.88. The van der Waals surface area contributed by atoms with E-state index in [1.54, 1.807) is 49.5 Å². The number of rotatable bonds is 5. The van der Waals surface area contributed by atoms with E-state index in [0.29, 0.717) is 22.3 Å². The van der Waals surface area contributed by atoms with Crippen molar-refractivity contribution < 1.29 is 9.53 Å². The summed E-state index contributed by atoms with van der Waals surface area (Å²) in [6.45, 7) is 0.214. The van der Waals surface area contributed by atoms with Crippen molar-refractivity contribution in [2.45, 2.75) is 6.54 Å². The average molecular weight is 347 g/mol. The molecule has 2 aromatic carbocycles. The molecule has 1 heterocycles. The van der Waals surface area contributed by atoms with Gasteiger partial charge in [-0.25, -0.2) is 0 Å². The van der Waals surface area contributed by atoms with Crippen molar-refractivity contribution in [3.05, 3.63) is 65.0 Å². The predicted octanol–water partition coefficient (Wildman–Crippen LogP) is 2.07. The van der Waals surface area contributed by atoms with Gasteiger partial charge >= 0.3 is 0 Å². The molecule has 0 aliphatic carbocycles. The maximum atomic E-state index is 12.6. The lowest BCUT2D eigenvalue weighted by atomic mass is 10.2. The minimum Gasteiger partial charge on any atom is -0.481 e. The molecule has 130 valence electrons. The van der Waals surface area contributed by atoms with Crippen LogP contribution in [0.15, 0.2) is 59.5 Å². The van der Waals surface area contributed by atoms with E-state index in [0.717, 1.165) is 0 Å². The van der Waals surface area contributed by atoms with Crippen LogP contribution in [0.5, 0.6) is 5.75 Å². The van der Waals surface area contributed by atoms with E-state index in [9.17, 15) is 9.59 Å². The van der Waals surface area contributed by atoms with Gasteiger partial charge in [-0.2, -0.15) is 5.10 Å². The fraction of sp³-hybridized carbons (Fsp3) is 0.150. The minimum atomic E-state index is -0.166. The van der Waals surface area contributed by atoms with Crippen LogP contribution < -0.4 is 15.1 Å². The number of anilines is 1. The standard InChI is InChI=1S/C20H17N3O3/c1-3-12-26-16-10-8-15(9-11-16)22(2)20(25)14-23-18-7-5-4-6-17(18)19(24)13-21-23/h1,4-11,13H,12,14H2,2H3. The number of nitrogens with zero attached hydrogens (tertiary/aromatic N) is 3. The molecule has 0 bridgehead atoms. The number of likely N-dealkylation sites (N-methyl/N-ethyl adjacent to an activating group) is 1. The lowest BCUT2D eigenvalue weighted by molar-refractivity contribution is -0.119. The minimum absolute atomic E-state index is 0.0205. The first-order valence-electron chi connectivity index (χ1n) is 7.98. The first kappa shape index (κ1) is 17.2. The molecule has 0 fully saturated rings. The Balaban J connectivity index is 1.79.